The first kappa shape index (κ1) is 10.3. The molecule has 1 aliphatic rings. The molecule has 0 heterocycles. The SMILES string of the molecule is O=C1C=CC=C1C=CC(=O)c1ccccc1. The van der Waals surface area contributed by atoms with Crippen LogP contribution in [0.5, 0.6) is 0 Å². The van der Waals surface area contributed by atoms with Crippen molar-refractivity contribution in [3.63, 3.8) is 0 Å². The summed E-state index contributed by atoms with van der Waals surface area (Å²) in [6.07, 6.45) is 7.82. The van der Waals surface area contributed by atoms with Crippen LogP contribution in [0.4, 0.5) is 0 Å². The van der Waals surface area contributed by atoms with Crippen LogP contribution in [0.15, 0.2) is 66.3 Å². The summed E-state index contributed by atoms with van der Waals surface area (Å²) in [5.41, 5.74) is 1.17. The molecule has 1 aliphatic carbocycles. The van der Waals surface area contributed by atoms with Crippen LogP contribution in [-0.4, -0.2) is 11.6 Å². The Bertz CT molecular complexity index is 505. The second-order valence-electron chi connectivity index (χ2n) is 3.41. The molecular weight excluding hydrogens is 200 g/mol. The molecule has 0 atom stereocenters. The number of benzene rings is 1. The van der Waals surface area contributed by atoms with Crippen molar-refractivity contribution in [3.8, 4) is 0 Å². The molecule has 0 bridgehead atoms. The van der Waals surface area contributed by atoms with Gasteiger partial charge in [0, 0.05) is 11.1 Å². The Hall–Kier alpha value is -2.22. The van der Waals surface area contributed by atoms with E-state index < -0.39 is 0 Å². The number of hydrogen-bond donors (Lipinski definition) is 0. The predicted octanol–water partition coefficient (Wildman–Crippen LogP) is 2.49. The van der Waals surface area contributed by atoms with Crippen LogP contribution in [0.2, 0.25) is 0 Å². The quantitative estimate of drug-likeness (QED) is 0.567. The summed E-state index contributed by atoms with van der Waals surface area (Å²) in [5, 5.41) is 0. The van der Waals surface area contributed by atoms with Crippen molar-refractivity contribution >= 4 is 11.6 Å². The first-order valence-electron chi connectivity index (χ1n) is 4.97. The van der Waals surface area contributed by atoms with Crippen molar-refractivity contribution in [2.75, 3.05) is 0 Å². The third-order valence-corrected chi connectivity index (χ3v) is 2.28. The van der Waals surface area contributed by atoms with Gasteiger partial charge in [-0.1, -0.05) is 42.5 Å². The Morgan fingerprint density at radius 1 is 1.12 bits per heavy atom. The number of hydrogen-bond acceptors (Lipinski definition) is 2. The normalized spacial score (nSPS) is 14.5. The van der Waals surface area contributed by atoms with E-state index in [4.69, 9.17) is 0 Å². The molecular formula is C14H10O2. The van der Waals surface area contributed by atoms with Crippen molar-refractivity contribution in [1.82, 2.24) is 0 Å². The molecule has 16 heavy (non-hydrogen) atoms. The highest BCUT2D eigenvalue weighted by Crippen LogP contribution is 2.09. The summed E-state index contributed by atoms with van der Waals surface area (Å²) in [7, 11) is 0. The molecule has 0 radical (unpaired) electrons. The molecule has 2 nitrogen and oxygen atoms in total. The van der Waals surface area contributed by atoms with Crippen molar-refractivity contribution < 1.29 is 9.59 Å². The Balaban J connectivity index is 2.09. The van der Waals surface area contributed by atoms with Gasteiger partial charge in [0.15, 0.2) is 11.6 Å². The van der Waals surface area contributed by atoms with E-state index in [-0.39, 0.29) is 11.6 Å². The van der Waals surface area contributed by atoms with Gasteiger partial charge in [-0.15, -0.1) is 0 Å². The van der Waals surface area contributed by atoms with Crippen LogP contribution in [-0.2, 0) is 4.79 Å². The first-order chi connectivity index (χ1) is 7.77. The fourth-order valence-corrected chi connectivity index (χ4v) is 1.42. The Morgan fingerprint density at radius 3 is 2.50 bits per heavy atom. The van der Waals surface area contributed by atoms with E-state index >= 15 is 0 Å². The summed E-state index contributed by atoms with van der Waals surface area (Å²) in [6.45, 7) is 0. The molecule has 0 saturated heterocycles. The summed E-state index contributed by atoms with van der Waals surface area (Å²) >= 11 is 0. The highest BCUT2D eigenvalue weighted by molar-refractivity contribution is 6.11. The number of ketones is 2. The monoisotopic (exact) mass is 210 g/mol. The van der Waals surface area contributed by atoms with Crippen molar-refractivity contribution in [3.05, 3.63) is 71.8 Å². The zero-order valence-electron chi connectivity index (χ0n) is 8.59. The second kappa shape index (κ2) is 4.53. The van der Waals surface area contributed by atoms with Crippen LogP contribution >= 0.6 is 0 Å². The second-order valence-corrected chi connectivity index (χ2v) is 3.41. The minimum atomic E-state index is -0.0961. The van der Waals surface area contributed by atoms with E-state index in [0.29, 0.717) is 11.1 Å². The molecule has 0 fully saturated rings. The van der Waals surface area contributed by atoms with Crippen molar-refractivity contribution in [2.45, 2.75) is 0 Å². The molecule has 0 unspecified atom stereocenters. The lowest BCUT2D eigenvalue weighted by atomic mass is 10.1. The van der Waals surface area contributed by atoms with E-state index in [2.05, 4.69) is 0 Å². The highest BCUT2D eigenvalue weighted by Gasteiger charge is 2.07. The zero-order valence-corrected chi connectivity index (χ0v) is 8.59. The lowest BCUT2D eigenvalue weighted by molar-refractivity contribution is -0.110. The van der Waals surface area contributed by atoms with Gasteiger partial charge in [0.2, 0.25) is 0 Å². The van der Waals surface area contributed by atoms with Gasteiger partial charge in [0.1, 0.15) is 0 Å². The largest absolute Gasteiger partial charge is 0.289 e. The maximum absolute atomic E-state index is 11.7. The molecule has 0 amide bonds. The average Bonchev–Trinajstić information content (AvgIpc) is 2.73. The van der Waals surface area contributed by atoms with E-state index in [0.717, 1.165) is 0 Å². The van der Waals surface area contributed by atoms with Crippen LogP contribution in [0.25, 0.3) is 0 Å². The highest BCUT2D eigenvalue weighted by atomic mass is 16.1. The van der Waals surface area contributed by atoms with Gasteiger partial charge in [-0.3, -0.25) is 9.59 Å². The molecule has 1 aromatic carbocycles. The van der Waals surface area contributed by atoms with Gasteiger partial charge >= 0.3 is 0 Å². The first-order valence-corrected chi connectivity index (χ1v) is 4.97. The van der Waals surface area contributed by atoms with Gasteiger partial charge in [-0.2, -0.15) is 0 Å². The predicted molar refractivity (Wildman–Crippen MR) is 62.1 cm³/mol. The van der Waals surface area contributed by atoms with E-state index in [1.165, 1.54) is 12.2 Å². The summed E-state index contributed by atoms with van der Waals surface area (Å²) in [4.78, 5) is 22.9. The van der Waals surface area contributed by atoms with E-state index in [9.17, 15) is 9.59 Å². The lowest BCUT2D eigenvalue weighted by Crippen LogP contribution is -1.95. The molecule has 0 saturated carbocycles. The lowest BCUT2D eigenvalue weighted by Gasteiger charge is -1.94. The molecule has 1 aromatic rings. The van der Waals surface area contributed by atoms with E-state index in [1.54, 1.807) is 30.4 Å². The fourth-order valence-electron chi connectivity index (χ4n) is 1.42. The van der Waals surface area contributed by atoms with Crippen LogP contribution in [0, 0.1) is 0 Å². The Morgan fingerprint density at radius 2 is 1.88 bits per heavy atom. The maximum Gasteiger partial charge on any atom is 0.185 e. The van der Waals surface area contributed by atoms with Gasteiger partial charge in [0.05, 0.1) is 0 Å². The Labute approximate surface area is 93.6 Å². The molecule has 2 heteroatoms. The molecule has 2 rings (SSSR count). The molecule has 78 valence electrons. The van der Waals surface area contributed by atoms with Gasteiger partial charge in [-0.25, -0.2) is 0 Å². The summed E-state index contributed by atoms with van der Waals surface area (Å²) in [5.74, 6) is -0.154. The minimum Gasteiger partial charge on any atom is -0.289 e. The van der Waals surface area contributed by atoms with Crippen LogP contribution in [0.3, 0.4) is 0 Å². The topological polar surface area (TPSA) is 34.1 Å². The number of carbonyl (C=O) groups is 2. The van der Waals surface area contributed by atoms with Gasteiger partial charge < -0.3 is 0 Å². The summed E-state index contributed by atoms with van der Waals surface area (Å²) in [6, 6.07) is 8.96. The smallest absolute Gasteiger partial charge is 0.185 e. The fraction of sp³-hybridized carbons (Fsp3) is 0. The van der Waals surface area contributed by atoms with Crippen molar-refractivity contribution in [1.29, 1.82) is 0 Å². The van der Waals surface area contributed by atoms with Crippen molar-refractivity contribution in [2.24, 2.45) is 0 Å². The third kappa shape index (κ3) is 2.23. The molecule has 0 aromatic heterocycles. The maximum atomic E-state index is 11.7. The van der Waals surface area contributed by atoms with Crippen LogP contribution in [0.1, 0.15) is 10.4 Å². The molecule has 0 spiro atoms. The van der Waals surface area contributed by atoms with Gasteiger partial charge in [-0.05, 0) is 18.2 Å². The van der Waals surface area contributed by atoms with Gasteiger partial charge in [0.25, 0.3) is 0 Å². The minimum absolute atomic E-state index is 0.0582. The average molecular weight is 210 g/mol. The number of allylic oxidation sites excluding steroid dienone is 6. The van der Waals surface area contributed by atoms with Crippen LogP contribution < -0.4 is 0 Å². The third-order valence-electron chi connectivity index (χ3n) is 2.28. The molecule has 0 aliphatic heterocycles. The standard InChI is InChI=1S/C14H10O2/c15-13-8-4-7-12(13)9-10-14(16)11-5-2-1-3-6-11/h1-10H. The number of carbonyl (C=O) groups excluding carboxylic acids is 2. The zero-order chi connectivity index (χ0) is 11.4. The molecule has 0 N–H and O–H groups in total. The summed E-state index contributed by atoms with van der Waals surface area (Å²) < 4.78 is 0. The number of rotatable bonds is 3. The van der Waals surface area contributed by atoms with E-state index in [1.807, 2.05) is 18.2 Å². The Kier molecular flexibility index (Phi) is 2.92.